The third kappa shape index (κ3) is 4.74. The van der Waals surface area contributed by atoms with Crippen molar-refractivity contribution in [3.05, 3.63) is 30.1 Å². The van der Waals surface area contributed by atoms with Gasteiger partial charge >= 0.3 is 0 Å². The zero-order valence-electron chi connectivity index (χ0n) is 11.8. The van der Waals surface area contributed by atoms with Crippen LogP contribution < -0.4 is 4.72 Å². The SMILES string of the molecule is O=S(=O)(NC1CCN(CCCO)CC1)c1ccc(F)cc1. The van der Waals surface area contributed by atoms with E-state index in [0.717, 1.165) is 51.0 Å². The van der Waals surface area contributed by atoms with Crippen molar-refractivity contribution in [3.8, 4) is 0 Å². The molecule has 0 spiro atoms. The lowest BCUT2D eigenvalue weighted by Crippen LogP contribution is -2.44. The summed E-state index contributed by atoms with van der Waals surface area (Å²) in [7, 11) is -3.59. The van der Waals surface area contributed by atoms with Crippen LogP contribution >= 0.6 is 0 Å². The Morgan fingerprint density at radius 1 is 1.24 bits per heavy atom. The Morgan fingerprint density at radius 2 is 1.86 bits per heavy atom. The molecule has 1 saturated heterocycles. The monoisotopic (exact) mass is 316 g/mol. The van der Waals surface area contributed by atoms with Crippen molar-refractivity contribution >= 4 is 10.0 Å². The highest BCUT2D eigenvalue weighted by Crippen LogP contribution is 2.15. The Hall–Kier alpha value is -1.02. The van der Waals surface area contributed by atoms with E-state index < -0.39 is 15.8 Å². The van der Waals surface area contributed by atoms with Gasteiger partial charge in [-0.2, -0.15) is 0 Å². The Labute approximate surface area is 124 Å². The molecular formula is C14H21FN2O3S. The Morgan fingerprint density at radius 3 is 2.43 bits per heavy atom. The minimum Gasteiger partial charge on any atom is -0.396 e. The van der Waals surface area contributed by atoms with Crippen molar-refractivity contribution < 1.29 is 17.9 Å². The number of likely N-dealkylation sites (tertiary alicyclic amines) is 1. The van der Waals surface area contributed by atoms with Gasteiger partial charge in [-0.3, -0.25) is 0 Å². The number of halogens is 1. The second-order valence-corrected chi connectivity index (χ2v) is 6.98. The molecule has 118 valence electrons. The fourth-order valence-corrected chi connectivity index (χ4v) is 3.77. The van der Waals surface area contributed by atoms with Gasteiger partial charge in [0.05, 0.1) is 4.90 Å². The van der Waals surface area contributed by atoms with Crippen LogP contribution in [0.5, 0.6) is 0 Å². The van der Waals surface area contributed by atoms with E-state index in [1.165, 1.54) is 12.1 Å². The van der Waals surface area contributed by atoms with Gasteiger partial charge in [-0.15, -0.1) is 0 Å². The zero-order valence-corrected chi connectivity index (χ0v) is 12.7. The summed E-state index contributed by atoms with van der Waals surface area (Å²) in [5, 5.41) is 8.80. The van der Waals surface area contributed by atoms with Gasteiger partial charge in [0.25, 0.3) is 0 Å². The first-order valence-corrected chi connectivity index (χ1v) is 8.61. The predicted molar refractivity (Wildman–Crippen MR) is 77.9 cm³/mol. The summed E-state index contributed by atoms with van der Waals surface area (Å²) in [4.78, 5) is 2.31. The molecule has 1 fully saturated rings. The highest BCUT2D eigenvalue weighted by Gasteiger charge is 2.24. The number of nitrogens with one attached hydrogen (secondary N) is 1. The Balaban J connectivity index is 1.89. The molecule has 1 aliphatic heterocycles. The van der Waals surface area contributed by atoms with Crippen molar-refractivity contribution in [1.82, 2.24) is 9.62 Å². The molecule has 21 heavy (non-hydrogen) atoms. The van der Waals surface area contributed by atoms with Crippen LogP contribution in [0, 0.1) is 5.82 Å². The van der Waals surface area contributed by atoms with Crippen molar-refractivity contribution in [2.24, 2.45) is 0 Å². The Bertz CT molecular complexity index is 540. The molecule has 2 N–H and O–H groups in total. The van der Waals surface area contributed by atoms with Crippen LogP contribution in [-0.2, 0) is 10.0 Å². The molecule has 1 heterocycles. The first-order chi connectivity index (χ1) is 10.0. The second kappa shape index (κ2) is 7.31. The quantitative estimate of drug-likeness (QED) is 0.820. The van der Waals surface area contributed by atoms with Crippen LogP contribution in [0.15, 0.2) is 29.2 Å². The third-order valence-corrected chi connectivity index (χ3v) is 5.20. The molecule has 1 aromatic carbocycles. The maximum absolute atomic E-state index is 12.8. The van der Waals surface area contributed by atoms with Gasteiger partial charge in [0.1, 0.15) is 5.82 Å². The number of nitrogens with zero attached hydrogens (tertiary/aromatic N) is 1. The molecule has 0 bridgehead atoms. The van der Waals surface area contributed by atoms with Crippen LogP contribution in [0.1, 0.15) is 19.3 Å². The number of aliphatic hydroxyl groups excluding tert-OH is 1. The van der Waals surface area contributed by atoms with Crippen LogP contribution in [-0.4, -0.2) is 50.7 Å². The van der Waals surface area contributed by atoms with Gasteiger partial charge < -0.3 is 10.0 Å². The number of rotatable bonds is 6. The second-order valence-electron chi connectivity index (χ2n) is 5.27. The van der Waals surface area contributed by atoms with E-state index in [-0.39, 0.29) is 17.5 Å². The van der Waals surface area contributed by atoms with Crippen molar-refractivity contribution in [3.63, 3.8) is 0 Å². The largest absolute Gasteiger partial charge is 0.396 e. The van der Waals surface area contributed by atoms with E-state index >= 15 is 0 Å². The maximum Gasteiger partial charge on any atom is 0.240 e. The topological polar surface area (TPSA) is 69.6 Å². The van der Waals surface area contributed by atoms with E-state index in [1.54, 1.807) is 0 Å². The average Bonchev–Trinajstić information content (AvgIpc) is 2.47. The van der Waals surface area contributed by atoms with Crippen molar-refractivity contribution in [2.75, 3.05) is 26.2 Å². The van der Waals surface area contributed by atoms with Gasteiger partial charge in [-0.25, -0.2) is 17.5 Å². The molecule has 0 unspecified atom stereocenters. The summed E-state index contributed by atoms with van der Waals surface area (Å²) >= 11 is 0. The number of sulfonamides is 1. The third-order valence-electron chi connectivity index (χ3n) is 3.67. The number of benzene rings is 1. The van der Waals surface area contributed by atoms with E-state index in [0.29, 0.717) is 0 Å². The van der Waals surface area contributed by atoms with E-state index in [4.69, 9.17) is 5.11 Å². The standard InChI is InChI=1S/C14H21FN2O3S/c15-12-2-4-14(5-3-12)21(19,20)16-13-6-9-17(10-7-13)8-1-11-18/h2-5,13,16,18H,1,6-11H2. The molecule has 7 heteroatoms. The van der Waals surface area contributed by atoms with Crippen LogP contribution in [0.3, 0.4) is 0 Å². The fourth-order valence-electron chi connectivity index (χ4n) is 2.47. The van der Waals surface area contributed by atoms with E-state index in [1.807, 2.05) is 0 Å². The van der Waals surface area contributed by atoms with Gasteiger partial charge in [0, 0.05) is 19.2 Å². The molecule has 0 amide bonds. The number of hydrogen-bond acceptors (Lipinski definition) is 4. The van der Waals surface area contributed by atoms with Gasteiger partial charge in [0.2, 0.25) is 10.0 Å². The minimum atomic E-state index is -3.59. The molecule has 0 atom stereocenters. The van der Waals surface area contributed by atoms with E-state index in [9.17, 15) is 12.8 Å². The van der Waals surface area contributed by atoms with Crippen LogP contribution in [0.4, 0.5) is 4.39 Å². The maximum atomic E-state index is 12.8. The number of hydrogen-bond donors (Lipinski definition) is 2. The highest BCUT2D eigenvalue weighted by molar-refractivity contribution is 7.89. The van der Waals surface area contributed by atoms with Crippen molar-refractivity contribution in [2.45, 2.75) is 30.2 Å². The van der Waals surface area contributed by atoms with E-state index in [2.05, 4.69) is 9.62 Å². The fraction of sp³-hybridized carbons (Fsp3) is 0.571. The summed E-state index contributed by atoms with van der Waals surface area (Å²) in [5.74, 6) is -0.453. The molecule has 1 aliphatic rings. The van der Waals surface area contributed by atoms with Gasteiger partial charge in [-0.1, -0.05) is 0 Å². The number of aliphatic hydroxyl groups is 1. The lowest BCUT2D eigenvalue weighted by Gasteiger charge is -2.32. The molecule has 2 rings (SSSR count). The van der Waals surface area contributed by atoms with Crippen molar-refractivity contribution in [1.29, 1.82) is 0 Å². The van der Waals surface area contributed by atoms with Crippen LogP contribution in [0.2, 0.25) is 0 Å². The Kier molecular flexibility index (Phi) is 5.69. The molecular weight excluding hydrogens is 295 g/mol. The highest BCUT2D eigenvalue weighted by atomic mass is 32.2. The summed E-state index contributed by atoms with van der Waals surface area (Å²) in [6.45, 7) is 2.65. The average molecular weight is 316 g/mol. The number of piperidine rings is 1. The summed E-state index contributed by atoms with van der Waals surface area (Å²) in [6.07, 6.45) is 2.23. The molecule has 0 aliphatic carbocycles. The minimum absolute atomic E-state index is 0.0895. The first-order valence-electron chi connectivity index (χ1n) is 7.12. The summed E-state index contributed by atoms with van der Waals surface area (Å²) < 4.78 is 39.9. The normalized spacial score (nSPS) is 18.0. The summed E-state index contributed by atoms with van der Waals surface area (Å²) in [5.41, 5.74) is 0. The lowest BCUT2D eigenvalue weighted by atomic mass is 10.1. The molecule has 5 nitrogen and oxygen atoms in total. The molecule has 1 aromatic rings. The summed E-state index contributed by atoms with van der Waals surface area (Å²) in [6, 6.07) is 4.74. The molecule has 0 aromatic heterocycles. The molecule has 0 radical (unpaired) electrons. The molecule has 0 saturated carbocycles. The van der Waals surface area contributed by atoms with Gasteiger partial charge in [0.15, 0.2) is 0 Å². The lowest BCUT2D eigenvalue weighted by molar-refractivity contribution is 0.184. The van der Waals surface area contributed by atoms with Crippen LogP contribution in [0.25, 0.3) is 0 Å². The van der Waals surface area contributed by atoms with Gasteiger partial charge in [-0.05, 0) is 56.6 Å². The smallest absolute Gasteiger partial charge is 0.240 e. The predicted octanol–water partition coefficient (Wildman–Crippen LogP) is 0.951. The zero-order chi connectivity index (χ0) is 15.3. The first kappa shape index (κ1) is 16.4.